The van der Waals surface area contributed by atoms with Gasteiger partial charge in [0.25, 0.3) is 5.91 Å². The van der Waals surface area contributed by atoms with E-state index in [2.05, 4.69) is 10.6 Å². The Labute approximate surface area is 152 Å². The van der Waals surface area contributed by atoms with Crippen molar-refractivity contribution in [1.29, 1.82) is 0 Å². The van der Waals surface area contributed by atoms with Crippen molar-refractivity contribution in [2.45, 2.75) is 13.3 Å². The van der Waals surface area contributed by atoms with E-state index >= 15 is 0 Å². The van der Waals surface area contributed by atoms with Gasteiger partial charge in [-0.2, -0.15) is 0 Å². The fourth-order valence-electron chi connectivity index (χ4n) is 2.68. The monoisotopic (exact) mass is 347 g/mol. The number of hydrogen-bond donors (Lipinski definition) is 2. The molecule has 26 heavy (non-hydrogen) atoms. The first-order chi connectivity index (χ1) is 12.7. The average molecular weight is 347 g/mol. The van der Waals surface area contributed by atoms with Crippen molar-refractivity contribution in [1.82, 2.24) is 9.88 Å². The van der Waals surface area contributed by atoms with E-state index in [9.17, 15) is 9.59 Å². The SMILES string of the molecule is CCNC(=O)c1cccc(NC(=O)Cc2ccc(-n3cccc3)cc2)c1. The van der Waals surface area contributed by atoms with Crippen molar-refractivity contribution < 1.29 is 9.59 Å². The quantitative estimate of drug-likeness (QED) is 0.718. The van der Waals surface area contributed by atoms with Crippen molar-refractivity contribution >= 4 is 17.5 Å². The lowest BCUT2D eigenvalue weighted by Crippen LogP contribution is -2.23. The Morgan fingerprint density at radius 1 is 0.962 bits per heavy atom. The zero-order valence-corrected chi connectivity index (χ0v) is 14.6. The highest BCUT2D eigenvalue weighted by Crippen LogP contribution is 2.13. The van der Waals surface area contributed by atoms with Gasteiger partial charge in [-0.05, 0) is 55.0 Å². The molecular formula is C21H21N3O2. The average Bonchev–Trinajstić information content (AvgIpc) is 3.17. The van der Waals surface area contributed by atoms with Gasteiger partial charge in [-0.1, -0.05) is 18.2 Å². The zero-order valence-electron chi connectivity index (χ0n) is 14.6. The van der Waals surface area contributed by atoms with Gasteiger partial charge in [-0.15, -0.1) is 0 Å². The molecule has 0 fully saturated rings. The topological polar surface area (TPSA) is 63.1 Å². The minimum Gasteiger partial charge on any atom is -0.352 e. The molecule has 2 amide bonds. The molecule has 5 heteroatoms. The van der Waals surface area contributed by atoms with E-state index in [0.29, 0.717) is 17.8 Å². The van der Waals surface area contributed by atoms with Crippen LogP contribution in [0.4, 0.5) is 5.69 Å². The van der Waals surface area contributed by atoms with Crippen LogP contribution in [0.1, 0.15) is 22.8 Å². The van der Waals surface area contributed by atoms with Gasteiger partial charge in [0.2, 0.25) is 5.91 Å². The van der Waals surface area contributed by atoms with Crippen LogP contribution in [-0.2, 0) is 11.2 Å². The number of anilines is 1. The first-order valence-electron chi connectivity index (χ1n) is 8.56. The largest absolute Gasteiger partial charge is 0.352 e. The summed E-state index contributed by atoms with van der Waals surface area (Å²) in [6, 6.07) is 18.7. The second-order valence-corrected chi connectivity index (χ2v) is 5.92. The van der Waals surface area contributed by atoms with Gasteiger partial charge < -0.3 is 15.2 Å². The molecule has 132 valence electrons. The van der Waals surface area contributed by atoms with Crippen LogP contribution in [0.3, 0.4) is 0 Å². The maximum absolute atomic E-state index is 12.3. The molecule has 0 aliphatic heterocycles. The molecule has 0 aliphatic rings. The molecule has 2 aromatic carbocycles. The Hall–Kier alpha value is -3.34. The third kappa shape index (κ3) is 4.39. The van der Waals surface area contributed by atoms with E-state index in [1.807, 2.05) is 60.3 Å². The van der Waals surface area contributed by atoms with Crippen LogP contribution in [-0.4, -0.2) is 22.9 Å². The van der Waals surface area contributed by atoms with Gasteiger partial charge in [0.15, 0.2) is 0 Å². The molecular weight excluding hydrogens is 326 g/mol. The van der Waals surface area contributed by atoms with Crippen molar-refractivity contribution in [3.8, 4) is 5.69 Å². The molecule has 1 heterocycles. The van der Waals surface area contributed by atoms with Crippen molar-refractivity contribution in [2.75, 3.05) is 11.9 Å². The Balaban J connectivity index is 1.62. The van der Waals surface area contributed by atoms with Gasteiger partial charge in [-0.25, -0.2) is 0 Å². The molecule has 0 saturated carbocycles. The molecule has 5 nitrogen and oxygen atoms in total. The van der Waals surface area contributed by atoms with Crippen LogP contribution in [0.15, 0.2) is 73.1 Å². The Bertz CT molecular complexity index is 884. The number of amides is 2. The minimum absolute atomic E-state index is 0.119. The molecule has 0 spiro atoms. The van der Waals surface area contributed by atoms with E-state index < -0.39 is 0 Å². The zero-order chi connectivity index (χ0) is 18.4. The Kier molecular flexibility index (Phi) is 5.49. The fraction of sp³-hybridized carbons (Fsp3) is 0.143. The maximum Gasteiger partial charge on any atom is 0.251 e. The van der Waals surface area contributed by atoms with Gasteiger partial charge in [0.1, 0.15) is 0 Å². The summed E-state index contributed by atoms with van der Waals surface area (Å²) in [6.45, 7) is 2.43. The molecule has 2 N–H and O–H groups in total. The van der Waals surface area contributed by atoms with Crippen molar-refractivity contribution in [2.24, 2.45) is 0 Å². The summed E-state index contributed by atoms with van der Waals surface area (Å²) in [5.74, 6) is -0.268. The van der Waals surface area contributed by atoms with Crippen LogP contribution in [0.25, 0.3) is 5.69 Å². The molecule has 1 aromatic heterocycles. The number of hydrogen-bond acceptors (Lipinski definition) is 2. The number of carbonyl (C=O) groups excluding carboxylic acids is 2. The third-order valence-corrected chi connectivity index (χ3v) is 3.95. The lowest BCUT2D eigenvalue weighted by atomic mass is 10.1. The van der Waals surface area contributed by atoms with Crippen LogP contribution >= 0.6 is 0 Å². The molecule has 0 atom stereocenters. The summed E-state index contributed by atoms with van der Waals surface area (Å²) in [7, 11) is 0. The first-order valence-corrected chi connectivity index (χ1v) is 8.56. The maximum atomic E-state index is 12.3. The molecule has 3 aromatic rings. The number of benzene rings is 2. The second kappa shape index (κ2) is 8.16. The summed E-state index contributed by atoms with van der Waals surface area (Å²) in [5.41, 5.74) is 3.12. The summed E-state index contributed by atoms with van der Waals surface area (Å²) in [4.78, 5) is 24.2. The summed E-state index contributed by atoms with van der Waals surface area (Å²) >= 11 is 0. The summed E-state index contributed by atoms with van der Waals surface area (Å²) in [5, 5.41) is 5.59. The van der Waals surface area contributed by atoms with Crippen molar-refractivity contribution in [3.05, 3.63) is 84.2 Å². The molecule has 0 unspecified atom stereocenters. The fourth-order valence-corrected chi connectivity index (χ4v) is 2.68. The van der Waals surface area contributed by atoms with Gasteiger partial charge >= 0.3 is 0 Å². The summed E-state index contributed by atoms with van der Waals surface area (Å²) in [6.07, 6.45) is 4.23. The van der Waals surface area contributed by atoms with E-state index in [-0.39, 0.29) is 18.2 Å². The predicted octanol–water partition coefficient (Wildman–Crippen LogP) is 3.41. The first kappa shape index (κ1) is 17.5. The van der Waals surface area contributed by atoms with Gasteiger partial charge in [0, 0.05) is 35.9 Å². The highest BCUT2D eigenvalue weighted by molar-refractivity contribution is 5.97. The molecule has 3 rings (SSSR count). The third-order valence-electron chi connectivity index (χ3n) is 3.95. The van der Waals surface area contributed by atoms with Crippen LogP contribution < -0.4 is 10.6 Å². The lowest BCUT2D eigenvalue weighted by molar-refractivity contribution is -0.115. The van der Waals surface area contributed by atoms with E-state index in [0.717, 1.165) is 11.3 Å². The number of rotatable bonds is 6. The van der Waals surface area contributed by atoms with E-state index in [1.165, 1.54) is 0 Å². The smallest absolute Gasteiger partial charge is 0.251 e. The van der Waals surface area contributed by atoms with Crippen LogP contribution in [0.5, 0.6) is 0 Å². The standard InChI is InChI=1S/C21H21N3O2/c1-2-22-21(26)17-6-5-7-18(15-17)23-20(25)14-16-8-10-19(11-9-16)24-12-3-4-13-24/h3-13,15H,2,14H2,1H3,(H,22,26)(H,23,25). The molecule has 0 bridgehead atoms. The second-order valence-electron chi connectivity index (χ2n) is 5.92. The van der Waals surface area contributed by atoms with Crippen LogP contribution in [0.2, 0.25) is 0 Å². The van der Waals surface area contributed by atoms with E-state index in [1.54, 1.807) is 24.3 Å². The molecule has 0 aliphatic carbocycles. The number of carbonyl (C=O) groups is 2. The lowest BCUT2D eigenvalue weighted by Gasteiger charge is -2.08. The molecule has 0 radical (unpaired) electrons. The number of nitrogens with one attached hydrogen (secondary N) is 2. The Morgan fingerprint density at radius 3 is 2.38 bits per heavy atom. The summed E-state index contributed by atoms with van der Waals surface area (Å²) < 4.78 is 2.01. The van der Waals surface area contributed by atoms with Crippen molar-refractivity contribution in [3.63, 3.8) is 0 Å². The normalized spacial score (nSPS) is 10.3. The minimum atomic E-state index is -0.149. The van der Waals surface area contributed by atoms with Gasteiger partial charge in [0.05, 0.1) is 6.42 Å². The highest BCUT2D eigenvalue weighted by atomic mass is 16.2. The highest BCUT2D eigenvalue weighted by Gasteiger charge is 2.08. The Morgan fingerprint density at radius 2 is 1.69 bits per heavy atom. The van der Waals surface area contributed by atoms with Crippen LogP contribution in [0, 0.1) is 0 Å². The number of nitrogens with zero attached hydrogens (tertiary/aromatic N) is 1. The van der Waals surface area contributed by atoms with E-state index in [4.69, 9.17) is 0 Å². The van der Waals surface area contributed by atoms with Gasteiger partial charge in [-0.3, -0.25) is 9.59 Å². The predicted molar refractivity (Wildman–Crippen MR) is 103 cm³/mol. The number of aromatic nitrogens is 1. The molecule has 0 saturated heterocycles.